The van der Waals surface area contributed by atoms with Crippen molar-refractivity contribution < 1.29 is 9.21 Å². The molecule has 1 fully saturated rings. The van der Waals surface area contributed by atoms with Crippen molar-refractivity contribution in [2.45, 2.75) is 25.7 Å². The fourth-order valence-electron chi connectivity index (χ4n) is 3.02. The van der Waals surface area contributed by atoms with Crippen molar-refractivity contribution in [3.8, 4) is 0 Å². The molecule has 7 heteroatoms. The van der Waals surface area contributed by atoms with E-state index in [1.165, 1.54) is 6.07 Å². The molecule has 2 aromatic rings. The average Bonchev–Trinajstić information content (AvgIpc) is 3.22. The second-order valence-electron chi connectivity index (χ2n) is 6.25. The smallest absolute Gasteiger partial charge is 0.289 e. The average molecular weight is 330 g/mol. The molecule has 2 aromatic heterocycles. The molecule has 0 aromatic carbocycles. The number of aromatic amines is 1. The molecule has 3 rings (SSSR count). The maximum absolute atomic E-state index is 12.6. The Bertz CT molecular complexity index is 793. The molecule has 0 radical (unpaired) electrons. The molecule has 0 aliphatic carbocycles. The van der Waals surface area contributed by atoms with E-state index in [0.717, 1.165) is 24.1 Å². The molecular weight excluding hydrogens is 308 g/mol. The zero-order valence-corrected chi connectivity index (χ0v) is 14.2. The van der Waals surface area contributed by atoms with Gasteiger partial charge in [0.2, 0.25) is 5.95 Å². The van der Waals surface area contributed by atoms with E-state index in [4.69, 9.17) is 4.42 Å². The third-order valence-corrected chi connectivity index (χ3v) is 4.39. The number of anilines is 1. The van der Waals surface area contributed by atoms with E-state index < -0.39 is 0 Å². The lowest BCUT2D eigenvalue weighted by Crippen LogP contribution is -2.29. The van der Waals surface area contributed by atoms with Gasteiger partial charge in [0.25, 0.3) is 11.5 Å². The lowest BCUT2D eigenvalue weighted by Gasteiger charge is -2.17. The Hall–Kier alpha value is -2.57. The van der Waals surface area contributed by atoms with Crippen molar-refractivity contribution in [1.82, 2.24) is 14.9 Å². The van der Waals surface area contributed by atoms with Crippen LogP contribution in [0.5, 0.6) is 0 Å². The number of carbonyl (C=O) groups is 1. The van der Waals surface area contributed by atoms with Crippen molar-refractivity contribution in [1.29, 1.82) is 0 Å². The van der Waals surface area contributed by atoms with Gasteiger partial charge in [-0.15, -0.1) is 0 Å². The second-order valence-corrected chi connectivity index (χ2v) is 6.25. The first-order valence-electron chi connectivity index (χ1n) is 8.13. The Morgan fingerprint density at radius 1 is 1.50 bits per heavy atom. The number of hydrogen-bond acceptors (Lipinski definition) is 5. The summed E-state index contributed by atoms with van der Waals surface area (Å²) in [7, 11) is 3.66. The van der Waals surface area contributed by atoms with Gasteiger partial charge in [-0.2, -0.15) is 0 Å². The highest BCUT2D eigenvalue weighted by Crippen LogP contribution is 2.27. The third kappa shape index (κ3) is 3.06. The van der Waals surface area contributed by atoms with Crippen LogP contribution in [0.15, 0.2) is 27.6 Å². The van der Waals surface area contributed by atoms with E-state index in [-0.39, 0.29) is 17.4 Å². The number of H-pyrrole nitrogens is 1. The maximum Gasteiger partial charge on any atom is 0.289 e. The molecule has 0 saturated carbocycles. The third-order valence-electron chi connectivity index (χ3n) is 4.39. The van der Waals surface area contributed by atoms with E-state index in [9.17, 15) is 9.59 Å². The Morgan fingerprint density at radius 3 is 3.00 bits per heavy atom. The van der Waals surface area contributed by atoms with Crippen LogP contribution >= 0.6 is 0 Å². The summed E-state index contributed by atoms with van der Waals surface area (Å²) in [4.78, 5) is 35.2. The van der Waals surface area contributed by atoms with Crippen molar-refractivity contribution in [3.05, 3.63) is 45.8 Å². The second kappa shape index (κ2) is 6.51. The molecule has 1 atom stereocenters. The van der Waals surface area contributed by atoms with Gasteiger partial charge in [0.15, 0.2) is 5.76 Å². The molecule has 0 bridgehead atoms. The minimum Gasteiger partial charge on any atom is -0.459 e. The van der Waals surface area contributed by atoms with Crippen molar-refractivity contribution in [3.63, 3.8) is 0 Å². The number of carbonyl (C=O) groups excluding carboxylic acids is 1. The number of rotatable bonds is 4. The van der Waals surface area contributed by atoms with Gasteiger partial charge in [0, 0.05) is 44.7 Å². The number of aryl methyl sites for hydroxylation is 1. The molecule has 1 amide bonds. The van der Waals surface area contributed by atoms with Crippen molar-refractivity contribution in [2.75, 3.05) is 32.1 Å². The summed E-state index contributed by atoms with van der Waals surface area (Å²) < 4.78 is 5.37. The highest BCUT2D eigenvalue weighted by atomic mass is 16.3. The minimum atomic E-state index is -0.173. The Kier molecular flexibility index (Phi) is 4.42. The van der Waals surface area contributed by atoms with E-state index in [1.54, 1.807) is 16.1 Å². The van der Waals surface area contributed by atoms with Crippen LogP contribution < -0.4 is 10.5 Å². The largest absolute Gasteiger partial charge is 0.459 e. The normalized spacial score (nSPS) is 17.3. The monoisotopic (exact) mass is 330 g/mol. The SMILES string of the molecule is CCc1ccoc1C(=O)N1CCC(c2cc(=O)[nH]c(N(C)C)n2)C1. The number of aromatic nitrogens is 2. The van der Waals surface area contributed by atoms with Crippen LogP contribution in [0, 0.1) is 0 Å². The number of amides is 1. The van der Waals surface area contributed by atoms with E-state index in [0.29, 0.717) is 24.8 Å². The van der Waals surface area contributed by atoms with Gasteiger partial charge < -0.3 is 14.2 Å². The van der Waals surface area contributed by atoms with Crippen LogP contribution in [0.4, 0.5) is 5.95 Å². The lowest BCUT2D eigenvalue weighted by molar-refractivity contribution is 0.0757. The van der Waals surface area contributed by atoms with Gasteiger partial charge in [-0.25, -0.2) is 4.98 Å². The molecule has 7 nitrogen and oxygen atoms in total. The number of likely N-dealkylation sites (tertiary alicyclic amines) is 1. The molecule has 0 spiro atoms. The molecular formula is C17H22N4O3. The summed E-state index contributed by atoms with van der Waals surface area (Å²) in [5, 5.41) is 0. The molecule has 1 saturated heterocycles. The van der Waals surface area contributed by atoms with Gasteiger partial charge >= 0.3 is 0 Å². The summed E-state index contributed by atoms with van der Waals surface area (Å²) in [6, 6.07) is 3.36. The van der Waals surface area contributed by atoms with Crippen LogP contribution in [0.1, 0.15) is 41.1 Å². The molecule has 128 valence electrons. The molecule has 3 heterocycles. The Balaban J connectivity index is 1.78. The summed E-state index contributed by atoms with van der Waals surface area (Å²) in [6.45, 7) is 3.18. The lowest BCUT2D eigenvalue weighted by atomic mass is 10.1. The predicted molar refractivity (Wildman–Crippen MR) is 90.5 cm³/mol. The topological polar surface area (TPSA) is 82.4 Å². The maximum atomic E-state index is 12.6. The fourth-order valence-corrected chi connectivity index (χ4v) is 3.02. The summed E-state index contributed by atoms with van der Waals surface area (Å²) >= 11 is 0. The molecule has 1 aliphatic rings. The number of furan rings is 1. The van der Waals surface area contributed by atoms with Crippen LogP contribution in [-0.2, 0) is 6.42 Å². The Labute approximate surface area is 140 Å². The highest BCUT2D eigenvalue weighted by molar-refractivity contribution is 5.93. The molecule has 1 N–H and O–H groups in total. The van der Waals surface area contributed by atoms with Gasteiger partial charge in [-0.3, -0.25) is 14.6 Å². The van der Waals surface area contributed by atoms with Gasteiger partial charge in [-0.05, 0) is 18.9 Å². The standard InChI is InChI=1S/C17H22N4O3/c1-4-11-6-8-24-15(11)16(23)21-7-5-12(10-21)13-9-14(22)19-17(18-13)20(2)3/h6,8-9,12H,4-5,7,10H2,1-3H3,(H,18,19,22). The van der Waals surface area contributed by atoms with Crippen LogP contribution in [0.3, 0.4) is 0 Å². The van der Waals surface area contributed by atoms with Gasteiger partial charge in [-0.1, -0.05) is 6.92 Å². The fraction of sp³-hybridized carbons (Fsp3) is 0.471. The molecule has 1 aliphatic heterocycles. The van der Waals surface area contributed by atoms with E-state index in [1.807, 2.05) is 27.1 Å². The summed E-state index contributed by atoms with van der Waals surface area (Å²) in [5.74, 6) is 0.930. The molecule has 24 heavy (non-hydrogen) atoms. The first-order chi connectivity index (χ1) is 11.5. The van der Waals surface area contributed by atoms with Crippen molar-refractivity contribution in [2.24, 2.45) is 0 Å². The van der Waals surface area contributed by atoms with Crippen molar-refractivity contribution >= 4 is 11.9 Å². The number of nitrogens with one attached hydrogen (secondary N) is 1. The number of nitrogens with zero attached hydrogens (tertiary/aromatic N) is 3. The predicted octanol–water partition coefficient (Wildman–Crippen LogP) is 1.62. The first-order valence-corrected chi connectivity index (χ1v) is 8.13. The minimum absolute atomic E-state index is 0.0648. The quantitative estimate of drug-likeness (QED) is 0.921. The van der Waals surface area contributed by atoms with Gasteiger partial charge in [0.05, 0.1) is 12.0 Å². The Morgan fingerprint density at radius 2 is 2.29 bits per heavy atom. The highest BCUT2D eigenvalue weighted by Gasteiger charge is 2.31. The summed E-state index contributed by atoms with van der Waals surface area (Å²) in [6.07, 6.45) is 3.11. The zero-order valence-electron chi connectivity index (χ0n) is 14.2. The van der Waals surface area contributed by atoms with Crippen LogP contribution in [-0.4, -0.2) is 48.0 Å². The van der Waals surface area contributed by atoms with Gasteiger partial charge in [0.1, 0.15) is 0 Å². The zero-order chi connectivity index (χ0) is 17.3. The first kappa shape index (κ1) is 16.3. The van der Waals surface area contributed by atoms with E-state index in [2.05, 4.69) is 9.97 Å². The molecule has 1 unspecified atom stereocenters. The summed E-state index contributed by atoms with van der Waals surface area (Å²) in [5.41, 5.74) is 1.48. The number of hydrogen-bond donors (Lipinski definition) is 1. The van der Waals surface area contributed by atoms with E-state index >= 15 is 0 Å². The van der Waals surface area contributed by atoms with Crippen LogP contribution in [0.25, 0.3) is 0 Å². The van der Waals surface area contributed by atoms with Crippen LogP contribution in [0.2, 0.25) is 0 Å².